The van der Waals surface area contributed by atoms with Crippen molar-refractivity contribution >= 4 is 5.97 Å². The Morgan fingerprint density at radius 3 is 2.64 bits per heavy atom. The molecule has 3 aliphatic heterocycles. The van der Waals surface area contributed by atoms with Crippen LogP contribution in [0.1, 0.15) is 26.7 Å². The second kappa shape index (κ2) is 2.51. The number of esters is 1. The predicted molar refractivity (Wildman–Crippen MR) is 49.6 cm³/mol. The number of ether oxygens (including phenoxy) is 2. The first-order chi connectivity index (χ1) is 6.62. The fourth-order valence-electron chi connectivity index (χ4n) is 3.43. The summed E-state index contributed by atoms with van der Waals surface area (Å²) in [6.45, 7) is 5.07. The number of fused-ring (bicyclic) bond motifs is 3. The molecule has 0 aromatic heterocycles. The van der Waals surface area contributed by atoms with Gasteiger partial charge < -0.3 is 9.47 Å². The highest BCUT2D eigenvalue weighted by atomic mass is 16.6. The molecule has 3 rings (SSSR count). The van der Waals surface area contributed by atoms with E-state index < -0.39 is 0 Å². The minimum Gasteiger partial charge on any atom is -0.465 e. The van der Waals surface area contributed by atoms with E-state index in [0.717, 1.165) is 6.42 Å². The first kappa shape index (κ1) is 8.72. The molecule has 5 unspecified atom stereocenters. The Kier molecular flexibility index (Phi) is 1.56. The van der Waals surface area contributed by atoms with Crippen LogP contribution in [-0.4, -0.2) is 24.8 Å². The highest BCUT2D eigenvalue weighted by Gasteiger charge is 2.62. The van der Waals surface area contributed by atoms with Gasteiger partial charge in [0.05, 0.1) is 18.6 Å². The van der Waals surface area contributed by atoms with Gasteiger partial charge in [0, 0.05) is 5.41 Å². The maximum absolute atomic E-state index is 11.2. The summed E-state index contributed by atoms with van der Waals surface area (Å²) in [6, 6.07) is 0. The van der Waals surface area contributed by atoms with E-state index in [2.05, 4.69) is 13.8 Å². The van der Waals surface area contributed by atoms with E-state index in [4.69, 9.17) is 9.47 Å². The van der Waals surface area contributed by atoms with Crippen LogP contribution in [0.4, 0.5) is 0 Å². The quantitative estimate of drug-likeness (QED) is 0.549. The third kappa shape index (κ3) is 0.888. The molecule has 0 radical (unpaired) electrons. The highest BCUT2D eigenvalue weighted by Crippen LogP contribution is 2.56. The Bertz CT molecular complexity index is 286. The van der Waals surface area contributed by atoms with Gasteiger partial charge in [0.2, 0.25) is 0 Å². The van der Waals surface area contributed by atoms with Gasteiger partial charge in [0.25, 0.3) is 0 Å². The van der Waals surface area contributed by atoms with E-state index in [1.807, 2.05) is 0 Å². The predicted octanol–water partition coefficient (Wildman–Crippen LogP) is 1.36. The molecule has 3 aliphatic rings. The van der Waals surface area contributed by atoms with E-state index in [9.17, 15) is 4.79 Å². The molecule has 1 spiro atoms. The van der Waals surface area contributed by atoms with E-state index in [0.29, 0.717) is 31.0 Å². The van der Waals surface area contributed by atoms with Crippen molar-refractivity contribution in [2.75, 3.05) is 6.61 Å². The lowest BCUT2D eigenvalue weighted by Gasteiger charge is -2.34. The van der Waals surface area contributed by atoms with Crippen LogP contribution in [0.5, 0.6) is 0 Å². The van der Waals surface area contributed by atoms with Crippen LogP contribution < -0.4 is 0 Å². The van der Waals surface area contributed by atoms with Crippen molar-refractivity contribution in [1.29, 1.82) is 0 Å². The summed E-state index contributed by atoms with van der Waals surface area (Å²) >= 11 is 0. The number of rotatable bonds is 0. The summed E-state index contributed by atoms with van der Waals surface area (Å²) < 4.78 is 11.1. The van der Waals surface area contributed by atoms with Gasteiger partial charge in [-0.15, -0.1) is 0 Å². The molecular weight excluding hydrogens is 180 g/mol. The zero-order valence-corrected chi connectivity index (χ0v) is 8.66. The van der Waals surface area contributed by atoms with E-state index in [1.54, 1.807) is 0 Å². The molecule has 14 heavy (non-hydrogen) atoms. The molecule has 0 N–H and O–H groups in total. The summed E-state index contributed by atoms with van der Waals surface area (Å²) in [5, 5.41) is 0. The zero-order valence-electron chi connectivity index (χ0n) is 8.66. The zero-order chi connectivity index (χ0) is 9.92. The van der Waals surface area contributed by atoms with Gasteiger partial charge in [-0.1, -0.05) is 13.8 Å². The summed E-state index contributed by atoms with van der Waals surface area (Å²) in [5.41, 5.74) is 0.0354. The number of cyclic esters (lactones) is 1. The highest BCUT2D eigenvalue weighted by molar-refractivity contribution is 5.72. The van der Waals surface area contributed by atoms with Crippen LogP contribution in [0.15, 0.2) is 0 Å². The van der Waals surface area contributed by atoms with Crippen LogP contribution in [-0.2, 0) is 14.3 Å². The fourth-order valence-corrected chi connectivity index (χ4v) is 3.43. The molecule has 3 heteroatoms. The Hall–Kier alpha value is -0.570. The normalized spacial score (nSPS) is 55.7. The van der Waals surface area contributed by atoms with Gasteiger partial charge in [0.15, 0.2) is 0 Å². The summed E-state index contributed by atoms with van der Waals surface area (Å²) in [6.07, 6.45) is 2.22. The molecule has 3 fully saturated rings. The van der Waals surface area contributed by atoms with Crippen molar-refractivity contribution < 1.29 is 14.3 Å². The van der Waals surface area contributed by atoms with Crippen LogP contribution in [0, 0.1) is 17.3 Å². The average molecular weight is 196 g/mol. The van der Waals surface area contributed by atoms with E-state index >= 15 is 0 Å². The molecule has 0 amide bonds. The molecule has 0 aromatic carbocycles. The molecule has 5 atom stereocenters. The Morgan fingerprint density at radius 2 is 2.14 bits per heavy atom. The molecule has 0 aromatic rings. The lowest BCUT2D eigenvalue weighted by molar-refractivity contribution is -0.137. The second-order valence-corrected chi connectivity index (χ2v) is 5.22. The first-order valence-corrected chi connectivity index (χ1v) is 5.43. The summed E-state index contributed by atoms with van der Waals surface area (Å²) in [5.74, 6) is 1.17. The van der Waals surface area contributed by atoms with Crippen LogP contribution in [0.25, 0.3) is 0 Å². The number of hydrogen-bond acceptors (Lipinski definition) is 3. The second-order valence-electron chi connectivity index (χ2n) is 5.22. The van der Waals surface area contributed by atoms with E-state index in [1.165, 1.54) is 0 Å². The van der Waals surface area contributed by atoms with Crippen LogP contribution >= 0.6 is 0 Å². The Morgan fingerprint density at radius 1 is 1.36 bits per heavy atom. The van der Waals surface area contributed by atoms with E-state index in [-0.39, 0.29) is 17.5 Å². The van der Waals surface area contributed by atoms with Crippen LogP contribution in [0.2, 0.25) is 0 Å². The smallest absolute Gasteiger partial charge is 0.306 e. The topological polar surface area (TPSA) is 35.5 Å². The molecule has 3 nitrogen and oxygen atoms in total. The molecular formula is C11H16O3. The number of hydrogen-bond donors (Lipinski definition) is 0. The molecule has 0 aliphatic carbocycles. The summed E-state index contributed by atoms with van der Waals surface area (Å²) in [4.78, 5) is 11.2. The van der Waals surface area contributed by atoms with Gasteiger partial charge in [0.1, 0.15) is 6.61 Å². The fraction of sp³-hybridized carbons (Fsp3) is 0.909. The summed E-state index contributed by atoms with van der Waals surface area (Å²) in [7, 11) is 0. The van der Waals surface area contributed by atoms with Crippen molar-refractivity contribution in [1.82, 2.24) is 0 Å². The SMILES string of the molecule is CC1C2CC3(COC(=O)C3)C(O2)C1C. The molecule has 3 heterocycles. The standard InChI is InChI=1S/C11H16O3/c1-6-7(2)10-11(3-8(6)14-10)4-9(12)13-5-11/h6-8,10H,3-5H2,1-2H3. The monoisotopic (exact) mass is 196 g/mol. The van der Waals surface area contributed by atoms with Crippen molar-refractivity contribution in [2.45, 2.75) is 38.9 Å². The lowest BCUT2D eigenvalue weighted by Crippen LogP contribution is -2.40. The number of carbonyl (C=O) groups is 1. The van der Waals surface area contributed by atoms with Gasteiger partial charge >= 0.3 is 5.97 Å². The van der Waals surface area contributed by atoms with Gasteiger partial charge in [-0.05, 0) is 18.3 Å². The number of carbonyl (C=O) groups excluding carboxylic acids is 1. The van der Waals surface area contributed by atoms with Crippen molar-refractivity contribution in [3.8, 4) is 0 Å². The van der Waals surface area contributed by atoms with Crippen molar-refractivity contribution in [2.24, 2.45) is 17.3 Å². The third-order valence-electron chi connectivity index (χ3n) is 4.44. The molecule has 2 bridgehead atoms. The minimum atomic E-state index is -0.0407. The molecule has 0 saturated carbocycles. The largest absolute Gasteiger partial charge is 0.465 e. The van der Waals surface area contributed by atoms with Crippen molar-refractivity contribution in [3.63, 3.8) is 0 Å². The van der Waals surface area contributed by atoms with Gasteiger partial charge in [-0.2, -0.15) is 0 Å². The molecule has 3 saturated heterocycles. The van der Waals surface area contributed by atoms with Gasteiger partial charge in [-0.25, -0.2) is 0 Å². The van der Waals surface area contributed by atoms with Crippen molar-refractivity contribution in [3.05, 3.63) is 0 Å². The minimum absolute atomic E-state index is 0.0354. The Labute approximate surface area is 83.8 Å². The maximum Gasteiger partial charge on any atom is 0.306 e. The van der Waals surface area contributed by atoms with Gasteiger partial charge in [-0.3, -0.25) is 4.79 Å². The first-order valence-electron chi connectivity index (χ1n) is 5.43. The Balaban J connectivity index is 1.89. The van der Waals surface area contributed by atoms with Crippen LogP contribution in [0.3, 0.4) is 0 Å². The average Bonchev–Trinajstić information content (AvgIpc) is 2.75. The maximum atomic E-state index is 11.2. The lowest BCUT2D eigenvalue weighted by atomic mass is 9.66. The third-order valence-corrected chi connectivity index (χ3v) is 4.44. The molecule has 78 valence electrons.